The molecule has 16 nitrogen and oxygen atoms in total. The van der Waals surface area contributed by atoms with Gasteiger partial charge in [0, 0.05) is 49.6 Å². The first-order valence-electron chi connectivity index (χ1n) is 23.1. The van der Waals surface area contributed by atoms with Crippen molar-refractivity contribution in [3.63, 3.8) is 0 Å². The summed E-state index contributed by atoms with van der Waals surface area (Å²) in [5, 5.41) is 44.8. The molecule has 0 fully saturated rings. The molecule has 72 heavy (non-hydrogen) atoms. The number of carbonyl (C=O) groups is 2. The molecule has 0 saturated carbocycles. The van der Waals surface area contributed by atoms with E-state index in [2.05, 4.69) is 10.6 Å². The Balaban J connectivity index is 0.984. The van der Waals surface area contributed by atoms with Crippen LogP contribution in [-0.2, 0) is 49.1 Å². The molecular formula is C54H54Cl2N2O14. The Morgan fingerprint density at radius 1 is 0.528 bits per heavy atom. The van der Waals surface area contributed by atoms with Crippen LogP contribution in [0, 0.1) is 13.8 Å². The maximum Gasteiger partial charge on any atom is 0.320 e. The van der Waals surface area contributed by atoms with Crippen LogP contribution in [0.2, 0.25) is 10.0 Å². The van der Waals surface area contributed by atoms with Gasteiger partial charge in [-0.15, -0.1) is 0 Å². The summed E-state index contributed by atoms with van der Waals surface area (Å²) in [6, 6.07) is 27.8. The van der Waals surface area contributed by atoms with Gasteiger partial charge in [-0.2, -0.15) is 0 Å². The van der Waals surface area contributed by atoms with Crippen LogP contribution in [0.1, 0.15) is 57.3 Å². The Kier molecular flexibility index (Phi) is 17.1. The maximum atomic E-state index is 11.9. The zero-order valence-electron chi connectivity index (χ0n) is 39.5. The lowest BCUT2D eigenvalue weighted by molar-refractivity contribution is -0.140. The number of benzene rings is 6. The van der Waals surface area contributed by atoms with Crippen LogP contribution in [-0.4, -0.2) is 71.2 Å². The summed E-state index contributed by atoms with van der Waals surface area (Å²) in [7, 11) is 0. The van der Waals surface area contributed by atoms with E-state index in [0.29, 0.717) is 67.2 Å². The Bertz CT molecular complexity index is 2720. The minimum Gasteiger partial charge on any atom is -0.488 e. The number of ether oxygens (including phenoxy) is 8. The van der Waals surface area contributed by atoms with E-state index in [-0.39, 0.29) is 79.2 Å². The molecule has 2 heterocycles. The number of hydrogen-bond acceptors (Lipinski definition) is 14. The second-order valence-corrected chi connectivity index (χ2v) is 17.9. The van der Waals surface area contributed by atoms with Gasteiger partial charge in [-0.05, 0) is 108 Å². The van der Waals surface area contributed by atoms with Gasteiger partial charge in [-0.3, -0.25) is 9.59 Å². The normalized spacial score (nSPS) is 13.1. The lowest BCUT2D eigenvalue weighted by Gasteiger charge is -2.20. The number of halogens is 2. The van der Waals surface area contributed by atoms with Crippen molar-refractivity contribution >= 4 is 35.1 Å². The van der Waals surface area contributed by atoms with Crippen molar-refractivity contribution in [1.29, 1.82) is 0 Å². The zero-order chi connectivity index (χ0) is 50.7. The first-order valence-corrected chi connectivity index (χ1v) is 23.9. The van der Waals surface area contributed by atoms with Gasteiger partial charge in [-0.1, -0.05) is 71.7 Å². The molecule has 0 spiro atoms. The topological polar surface area (TPSA) is 213 Å². The van der Waals surface area contributed by atoms with Crippen molar-refractivity contribution in [3.8, 4) is 57.1 Å². The first kappa shape index (κ1) is 51.4. The summed E-state index contributed by atoms with van der Waals surface area (Å²) in [6.45, 7) is 4.58. The number of aliphatic carboxylic acids is 2. The van der Waals surface area contributed by atoms with E-state index in [1.807, 2.05) is 86.6 Å². The van der Waals surface area contributed by atoms with Crippen LogP contribution in [0.5, 0.6) is 46.0 Å². The minimum absolute atomic E-state index is 0.0195. The molecule has 0 aromatic heterocycles. The average molecular weight is 1030 g/mol. The standard InChI is InChI=1S/C54H54Cl2N2O14/c1-31-35(27-67-49-21-47(65-25-33-9-11-45-51(17-33)71-29-69-45)37(19-41(49)55)23-57-43(13-15-59)53(61)62)5-3-7-39(31)40-8-4-6-36(32(40)2)28-68-50-22-48(66-26-34-10-12-46-52(18-34)72-30-70-46)38(20-42(50)56)24-58-44(14-16-60)54(63)64/h3-12,17-22,43-44,57-60H,13-16,23-30H2,1-2H3,(H,61,62)(H,63,64). The number of aliphatic hydroxyl groups is 2. The van der Waals surface area contributed by atoms with E-state index < -0.39 is 24.0 Å². The van der Waals surface area contributed by atoms with Gasteiger partial charge in [0.25, 0.3) is 0 Å². The molecular weight excluding hydrogens is 971 g/mol. The fraction of sp³-hybridized carbons (Fsp3) is 0.296. The third kappa shape index (κ3) is 12.6. The molecule has 2 aliphatic heterocycles. The van der Waals surface area contributed by atoms with Gasteiger partial charge < -0.3 is 69.0 Å². The summed E-state index contributed by atoms with van der Waals surface area (Å²) in [5.41, 5.74) is 8.60. The van der Waals surface area contributed by atoms with Gasteiger partial charge in [0.15, 0.2) is 23.0 Å². The molecule has 0 radical (unpaired) electrons. The van der Waals surface area contributed by atoms with Gasteiger partial charge in [0.2, 0.25) is 13.6 Å². The molecule has 0 aliphatic carbocycles. The zero-order valence-corrected chi connectivity index (χ0v) is 41.0. The molecule has 0 bridgehead atoms. The van der Waals surface area contributed by atoms with E-state index in [0.717, 1.165) is 44.5 Å². The molecule has 18 heteroatoms. The number of aliphatic hydroxyl groups excluding tert-OH is 2. The second-order valence-electron chi connectivity index (χ2n) is 17.1. The van der Waals surface area contributed by atoms with Gasteiger partial charge >= 0.3 is 11.9 Å². The lowest BCUT2D eigenvalue weighted by atomic mass is 9.92. The molecule has 6 aromatic carbocycles. The maximum absolute atomic E-state index is 11.9. The molecule has 2 aliphatic rings. The Labute approximate surface area is 425 Å². The predicted octanol–water partition coefficient (Wildman–Crippen LogP) is 8.90. The van der Waals surface area contributed by atoms with Crippen LogP contribution in [0.3, 0.4) is 0 Å². The number of hydrogen-bond donors (Lipinski definition) is 6. The summed E-state index contributed by atoms with van der Waals surface area (Å²) in [4.78, 5) is 23.7. The molecule has 0 amide bonds. The summed E-state index contributed by atoms with van der Waals surface area (Å²) in [6.07, 6.45) is 0.0391. The van der Waals surface area contributed by atoms with Crippen molar-refractivity contribution in [2.24, 2.45) is 0 Å². The Morgan fingerprint density at radius 3 is 1.33 bits per heavy atom. The average Bonchev–Trinajstić information content (AvgIpc) is 4.05. The molecule has 378 valence electrons. The number of rotatable bonds is 25. The first-order chi connectivity index (χ1) is 34.9. The third-order valence-corrected chi connectivity index (χ3v) is 12.9. The molecule has 0 saturated heterocycles. The highest BCUT2D eigenvalue weighted by atomic mass is 35.5. The highest BCUT2D eigenvalue weighted by Gasteiger charge is 2.22. The predicted molar refractivity (Wildman–Crippen MR) is 267 cm³/mol. The highest BCUT2D eigenvalue weighted by molar-refractivity contribution is 6.32. The van der Waals surface area contributed by atoms with Gasteiger partial charge in [0.1, 0.15) is 61.5 Å². The van der Waals surface area contributed by atoms with Crippen LogP contribution < -0.4 is 48.5 Å². The number of fused-ring (bicyclic) bond motifs is 2. The van der Waals surface area contributed by atoms with E-state index >= 15 is 0 Å². The van der Waals surface area contributed by atoms with Crippen molar-refractivity contribution < 1.29 is 67.9 Å². The van der Waals surface area contributed by atoms with E-state index in [1.54, 1.807) is 24.3 Å². The highest BCUT2D eigenvalue weighted by Crippen LogP contribution is 2.39. The summed E-state index contributed by atoms with van der Waals surface area (Å²) >= 11 is 13.7. The third-order valence-electron chi connectivity index (χ3n) is 12.4. The van der Waals surface area contributed by atoms with Crippen molar-refractivity contribution in [2.75, 3.05) is 26.8 Å². The largest absolute Gasteiger partial charge is 0.488 e. The molecule has 2 atom stereocenters. The SMILES string of the molecule is Cc1c(COc2cc(OCc3ccc4c(c3)OCO4)c(CNC(CCO)C(=O)O)cc2Cl)cccc1-c1cccc(COc2cc(OCc3ccc4c(c3)OCO4)c(CNC(CCO)C(=O)O)cc2Cl)c1C. The fourth-order valence-electron chi connectivity index (χ4n) is 8.23. The van der Waals surface area contributed by atoms with Crippen LogP contribution in [0.4, 0.5) is 0 Å². The Morgan fingerprint density at radius 2 is 0.931 bits per heavy atom. The van der Waals surface area contributed by atoms with E-state index in [1.165, 1.54) is 0 Å². The quantitative estimate of drug-likeness (QED) is 0.0316. The van der Waals surface area contributed by atoms with Crippen LogP contribution in [0.25, 0.3) is 11.1 Å². The summed E-state index contributed by atoms with van der Waals surface area (Å²) < 4.78 is 47.4. The van der Waals surface area contributed by atoms with Gasteiger partial charge in [-0.25, -0.2) is 0 Å². The van der Waals surface area contributed by atoms with Gasteiger partial charge in [0.05, 0.1) is 10.0 Å². The van der Waals surface area contributed by atoms with Crippen LogP contribution >= 0.6 is 23.2 Å². The second kappa shape index (κ2) is 24.0. The molecule has 2 unspecified atom stereocenters. The Hall–Kier alpha value is -6.92. The minimum atomic E-state index is -1.09. The van der Waals surface area contributed by atoms with E-state index in [9.17, 15) is 30.0 Å². The molecule has 6 N–H and O–H groups in total. The molecule has 8 rings (SSSR count). The monoisotopic (exact) mass is 1020 g/mol. The van der Waals surface area contributed by atoms with Crippen molar-refractivity contribution in [3.05, 3.63) is 152 Å². The number of nitrogens with one attached hydrogen (secondary N) is 2. The van der Waals surface area contributed by atoms with Crippen molar-refractivity contribution in [2.45, 2.75) is 78.3 Å². The van der Waals surface area contributed by atoms with Crippen LogP contribution in [0.15, 0.2) is 97.1 Å². The number of carboxylic acids is 2. The van der Waals surface area contributed by atoms with Crippen molar-refractivity contribution in [1.82, 2.24) is 10.6 Å². The smallest absolute Gasteiger partial charge is 0.320 e. The number of carboxylic acid groups (broad SMARTS) is 2. The fourth-order valence-corrected chi connectivity index (χ4v) is 8.71. The molecule has 6 aromatic rings. The summed E-state index contributed by atoms with van der Waals surface area (Å²) in [5.74, 6) is 1.92. The lowest BCUT2D eigenvalue weighted by Crippen LogP contribution is -2.37. The van der Waals surface area contributed by atoms with E-state index in [4.69, 9.17) is 61.1 Å².